The molecule has 0 radical (unpaired) electrons. The summed E-state index contributed by atoms with van der Waals surface area (Å²) in [6, 6.07) is 10.3. The van der Waals surface area contributed by atoms with Crippen LogP contribution in [-0.4, -0.2) is 5.78 Å². The predicted molar refractivity (Wildman–Crippen MR) is 85.3 cm³/mol. The van der Waals surface area contributed by atoms with Crippen LogP contribution in [0, 0.1) is 6.92 Å². The smallest absolute Gasteiger partial charge is 0.231 e. The van der Waals surface area contributed by atoms with Gasteiger partial charge in [-0.05, 0) is 42.8 Å². The van der Waals surface area contributed by atoms with Crippen molar-refractivity contribution in [1.82, 2.24) is 0 Å². The normalized spacial score (nSPS) is 11.0. The monoisotopic (exact) mass is 319 g/mol. The van der Waals surface area contributed by atoms with Crippen LogP contribution in [0.1, 0.15) is 21.7 Å². The van der Waals surface area contributed by atoms with Gasteiger partial charge in [0, 0.05) is 16.0 Å². The Morgan fingerprint density at radius 2 is 1.90 bits per heavy atom. The maximum absolute atomic E-state index is 12.6. The van der Waals surface area contributed by atoms with E-state index in [1.807, 2.05) is 25.1 Å². The first-order chi connectivity index (χ1) is 9.97. The third-order valence-electron chi connectivity index (χ3n) is 3.27. The minimum Gasteiger partial charge on any atom is -0.450 e. The van der Waals surface area contributed by atoms with E-state index < -0.39 is 0 Å². The fourth-order valence-corrected chi connectivity index (χ4v) is 2.68. The number of carbonyl (C=O) groups is 1. The zero-order valence-corrected chi connectivity index (χ0v) is 12.6. The molecule has 3 aromatic rings. The Hall–Kier alpha value is -1.97. The van der Waals surface area contributed by atoms with Crippen LogP contribution in [-0.2, 0) is 0 Å². The summed E-state index contributed by atoms with van der Waals surface area (Å²) in [7, 11) is 0. The number of benzene rings is 2. The average molecular weight is 320 g/mol. The Labute approximate surface area is 131 Å². The molecule has 5 heteroatoms. The van der Waals surface area contributed by atoms with E-state index >= 15 is 0 Å². The van der Waals surface area contributed by atoms with Gasteiger partial charge in [0.2, 0.25) is 5.78 Å². The second-order valence-corrected chi connectivity index (χ2v) is 5.64. The third-order valence-corrected chi connectivity index (χ3v) is 3.81. The molecule has 21 heavy (non-hydrogen) atoms. The molecule has 0 aliphatic heterocycles. The number of nitrogen functional groups attached to an aromatic ring is 1. The van der Waals surface area contributed by atoms with Crippen LogP contribution in [0.15, 0.2) is 40.8 Å². The van der Waals surface area contributed by atoms with E-state index in [4.69, 9.17) is 33.4 Å². The molecule has 2 N–H and O–H groups in total. The van der Waals surface area contributed by atoms with Crippen LogP contribution >= 0.6 is 23.2 Å². The number of anilines is 1. The molecule has 0 aliphatic rings. The highest BCUT2D eigenvalue weighted by molar-refractivity contribution is 6.37. The van der Waals surface area contributed by atoms with Crippen LogP contribution in [0.25, 0.3) is 11.0 Å². The van der Waals surface area contributed by atoms with Crippen LogP contribution in [0.5, 0.6) is 0 Å². The van der Waals surface area contributed by atoms with E-state index in [2.05, 4.69) is 0 Å². The van der Waals surface area contributed by atoms with Gasteiger partial charge in [0.15, 0.2) is 5.76 Å². The van der Waals surface area contributed by atoms with Crippen molar-refractivity contribution in [2.45, 2.75) is 6.92 Å². The van der Waals surface area contributed by atoms with E-state index in [9.17, 15) is 4.79 Å². The van der Waals surface area contributed by atoms with E-state index in [1.54, 1.807) is 12.1 Å². The minimum absolute atomic E-state index is 0.0971. The standard InChI is InChI=1S/C16H11Cl2NO2/c1-8-2-4-11-13(6-8)21-16(14(11)19)15(20)10-5-3-9(17)7-12(10)18/h2-7H,19H2,1H3. The molecule has 0 saturated heterocycles. The quantitative estimate of drug-likeness (QED) is 0.686. The summed E-state index contributed by atoms with van der Waals surface area (Å²) < 4.78 is 5.61. The number of furan rings is 1. The summed E-state index contributed by atoms with van der Waals surface area (Å²) in [5.74, 6) is -0.261. The van der Waals surface area contributed by atoms with Gasteiger partial charge in [-0.15, -0.1) is 0 Å². The number of fused-ring (bicyclic) bond motifs is 1. The SMILES string of the molecule is Cc1ccc2c(N)c(C(=O)c3ccc(Cl)cc3Cl)oc2c1. The molecule has 3 rings (SSSR count). The fraction of sp³-hybridized carbons (Fsp3) is 0.0625. The lowest BCUT2D eigenvalue weighted by molar-refractivity contribution is 0.101. The molecule has 0 aliphatic carbocycles. The van der Waals surface area contributed by atoms with E-state index in [1.165, 1.54) is 6.07 Å². The molecule has 0 amide bonds. The van der Waals surface area contributed by atoms with Gasteiger partial charge in [-0.3, -0.25) is 4.79 Å². The molecule has 0 unspecified atom stereocenters. The van der Waals surface area contributed by atoms with Gasteiger partial charge in [-0.1, -0.05) is 29.3 Å². The lowest BCUT2D eigenvalue weighted by Gasteiger charge is -2.02. The largest absolute Gasteiger partial charge is 0.450 e. The number of hydrogen-bond acceptors (Lipinski definition) is 3. The van der Waals surface area contributed by atoms with Crippen LogP contribution < -0.4 is 5.73 Å². The van der Waals surface area contributed by atoms with Crippen molar-refractivity contribution in [3.05, 3.63) is 63.3 Å². The molecule has 1 heterocycles. The number of ketones is 1. The third kappa shape index (κ3) is 2.39. The number of halogens is 2. The molecule has 106 valence electrons. The van der Waals surface area contributed by atoms with Crippen molar-refractivity contribution in [3.8, 4) is 0 Å². The summed E-state index contributed by atoms with van der Waals surface area (Å²) in [6.07, 6.45) is 0. The first-order valence-corrected chi connectivity index (χ1v) is 7.01. The molecular weight excluding hydrogens is 309 g/mol. The van der Waals surface area contributed by atoms with E-state index in [-0.39, 0.29) is 16.6 Å². The molecule has 0 spiro atoms. The van der Waals surface area contributed by atoms with Gasteiger partial charge < -0.3 is 10.2 Å². The van der Waals surface area contributed by atoms with Gasteiger partial charge in [-0.2, -0.15) is 0 Å². The van der Waals surface area contributed by atoms with Gasteiger partial charge in [0.05, 0.1) is 10.7 Å². The molecule has 0 bridgehead atoms. The van der Waals surface area contributed by atoms with Gasteiger partial charge in [-0.25, -0.2) is 0 Å². The van der Waals surface area contributed by atoms with Gasteiger partial charge >= 0.3 is 0 Å². The van der Waals surface area contributed by atoms with Crippen molar-refractivity contribution in [2.24, 2.45) is 0 Å². The first-order valence-electron chi connectivity index (χ1n) is 6.26. The Morgan fingerprint density at radius 1 is 1.14 bits per heavy atom. The number of aryl methyl sites for hydroxylation is 1. The summed E-state index contributed by atoms with van der Waals surface area (Å²) >= 11 is 11.9. The van der Waals surface area contributed by atoms with Crippen molar-refractivity contribution < 1.29 is 9.21 Å². The van der Waals surface area contributed by atoms with Gasteiger partial charge in [0.25, 0.3) is 0 Å². The lowest BCUT2D eigenvalue weighted by atomic mass is 10.1. The fourth-order valence-electron chi connectivity index (χ4n) is 2.19. The summed E-state index contributed by atoms with van der Waals surface area (Å²) in [6.45, 7) is 1.94. The number of rotatable bonds is 2. The second-order valence-electron chi connectivity index (χ2n) is 4.80. The topological polar surface area (TPSA) is 56.2 Å². The van der Waals surface area contributed by atoms with Crippen LogP contribution in [0.3, 0.4) is 0 Å². The zero-order chi connectivity index (χ0) is 15.1. The number of nitrogens with two attached hydrogens (primary N) is 1. The molecular formula is C16H11Cl2NO2. The van der Waals surface area contributed by atoms with Crippen LogP contribution in [0.4, 0.5) is 5.69 Å². The molecule has 0 fully saturated rings. The van der Waals surface area contributed by atoms with Crippen molar-refractivity contribution in [2.75, 3.05) is 5.73 Å². The summed E-state index contributed by atoms with van der Waals surface area (Å²) in [4.78, 5) is 12.6. The van der Waals surface area contributed by atoms with Crippen molar-refractivity contribution in [3.63, 3.8) is 0 Å². The van der Waals surface area contributed by atoms with Gasteiger partial charge in [0.1, 0.15) is 5.58 Å². The Kier molecular flexibility index (Phi) is 3.40. The second kappa shape index (κ2) is 5.10. The van der Waals surface area contributed by atoms with Crippen molar-refractivity contribution >= 4 is 45.6 Å². The highest BCUT2D eigenvalue weighted by Crippen LogP contribution is 2.32. The van der Waals surface area contributed by atoms with E-state index in [0.29, 0.717) is 27.2 Å². The molecule has 3 nitrogen and oxygen atoms in total. The maximum atomic E-state index is 12.6. The highest BCUT2D eigenvalue weighted by atomic mass is 35.5. The summed E-state index contributed by atoms with van der Waals surface area (Å²) in [5, 5.41) is 1.45. The average Bonchev–Trinajstić information content (AvgIpc) is 2.75. The molecule has 1 aromatic heterocycles. The predicted octanol–water partition coefficient (Wildman–Crippen LogP) is 4.86. The lowest BCUT2D eigenvalue weighted by Crippen LogP contribution is -2.03. The minimum atomic E-state index is -0.358. The van der Waals surface area contributed by atoms with Crippen molar-refractivity contribution in [1.29, 1.82) is 0 Å². The first kappa shape index (κ1) is 14.0. The Balaban J connectivity index is 2.15. The summed E-state index contributed by atoms with van der Waals surface area (Å²) in [5.41, 5.74) is 8.26. The van der Waals surface area contributed by atoms with E-state index in [0.717, 1.165) is 5.56 Å². The Morgan fingerprint density at radius 3 is 2.62 bits per heavy atom. The van der Waals surface area contributed by atoms with Crippen LogP contribution in [0.2, 0.25) is 10.0 Å². The number of hydrogen-bond donors (Lipinski definition) is 1. The zero-order valence-electron chi connectivity index (χ0n) is 11.1. The molecule has 0 atom stereocenters. The number of carbonyl (C=O) groups excluding carboxylic acids is 1. The highest BCUT2D eigenvalue weighted by Gasteiger charge is 2.22. The maximum Gasteiger partial charge on any atom is 0.231 e. The molecule has 0 saturated carbocycles. The molecule has 2 aromatic carbocycles. The Bertz CT molecular complexity index is 868.